The van der Waals surface area contributed by atoms with Crippen molar-refractivity contribution in [2.45, 2.75) is 27.0 Å². The van der Waals surface area contributed by atoms with E-state index in [9.17, 15) is 18.3 Å². The van der Waals surface area contributed by atoms with Gasteiger partial charge in [-0.1, -0.05) is 37.3 Å². The van der Waals surface area contributed by atoms with Gasteiger partial charge in [-0.15, -0.1) is 11.3 Å². The molecule has 1 N–H and O–H groups in total. The molecule has 0 amide bonds. The number of rotatable bonds is 8. The van der Waals surface area contributed by atoms with Crippen molar-refractivity contribution in [3.63, 3.8) is 0 Å². The number of carboxylic acid groups (broad SMARTS) is 1. The highest BCUT2D eigenvalue weighted by Gasteiger charge is 2.36. The molecule has 5 rings (SSSR count). The molecule has 0 saturated carbocycles. The predicted octanol–water partition coefficient (Wildman–Crippen LogP) is 4.08. The molecule has 2 aliphatic heterocycles. The Hall–Kier alpha value is -2.95. The van der Waals surface area contributed by atoms with E-state index in [2.05, 4.69) is 34.9 Å². The number of aromatic nitrogens is 1. The first-order valence-corrected chi connectivity index (χ1v) is 15.6. The molecule has 0 spiro atoms. The minimum Gasteiger partial charge on any atom is -0.488 e. The standard InChI is InChI=1S/C28H33N3O5S2/c1-19-13-21(15-30-9-11-38(34,35)12-10-30)7-8-22(19)17-36-26-6-4-3-5-23(26)25-18-37-28(29-25)31-14-20(2)24(16-31)27(32)33/h3-8,13,18,20,24H,9-12,14-17H2,1-2H3,(H,32,33). The number of aryl methyl sites for hydroxylation is 1. The third kappa shape index (κ3) is 6.03. The lowest BCUT2D eigenvalue weighted by atomic mass is 9.99. The molecule has 0 aliphatic carbocycles. The van der Waals surface area contributed by atoms with E-state index in [1.165, 1.54) is 16.9 Å². The van der Waals surface area contributed by atoms with E-state index in [0.717, 1.165) is 39.8 Å². The molecule has 3 heterocycles. The number of hydrogen-bond donors (Lipinski definition) is 1. The first-order chi connectivity index (χ1) is 18.2. The second-order valence-corrected chi connectivity index (χ2v) is 13.5. The summed E-state index contributed by atoms with van der Waals surface area (Å²) in [6.07, 6.45) is 0. The van der Waals surface area contributed by atoms with Gasteiger partial charge in [0.25, 0.3) is 0 Å². The lowest BCUT2D eigenvalue weighted by Crippen LogP contribution is -2.39. The van der Waals surface area contributed by atoms with Crippen molar-refractivity contribution in [3.8, 4) is 17.0 Å². The van der Waals surface area contributed by atoms with Gasteiger partial charge in [0.1, 0.15) is 12.4 Å². The molecule has 38 heavy (non-hydrogen) atoms. The Morgan fingerprint density at radius 2 is 1.92 bits per heavy atom. The topological polar surface area (TPSA) is 100 Å². The van der Waals surface area contributed by atoms with Gasteiger partial charge in [-0.05, 0) is 41.7 Å². The monoisotopic (exact) mass is 555 g/mol. The number of anilines is 1. The van der Waals surface area contributed by atoms with E-state index >= 15 is 0 Å². The zero-order valence-electron chi connectivity index (χ0n) is 21.7. The zero-order chi connectivity index (χ0) is 26.9. The summed E-state index contributed by atoms with van der Waals surface area (Å²) in [5, 5.41) is 12.3. The average Bonchev–Trinajstić information content (AvgIpc) is 3.52. The number of benzene rings is 2. The van der Waals surface area contributed by atoms with E-state index in [-0.39, 0.29) is 23.3 Å². The Bertz CT molecular complexity index is 1410. The summed E-state index contributed by atoms with van der Waals surface area (Å²) in [5.74, 6) is 0.182. The van der Waals surface area contributed by atoms with Crippen molar-refractivity contribution < 1.29 is 23.1 Å². The normalized spacial score (nSPS) is 21.5. The average molecular weight is 556 g/mol. The van der Waals surface area contributed by atoms with Crippen LogP contribution in [0.3, 0.4) is 0 Å². The number of carboxylic acids is 1. The molecular weight excluding hydrogens is 522 g/mol. The Morgan fingerprint density at radius 3 is 2.63 bits per heavy atom. The number of ether oxygens (including phenoxy) is 1. The second-order valence-electron chi connectivity index (χ2n) is 10.3. The number of hydrogen-bond acceptors (Lipinski definition) is 8. The second kappa shape index (κ2) is 11.0. The maximum atomic E-state index is 11.7. The van der Waals surface area contributed by atoms with Crippen LogP contribution >= 0.6 is 11.3 Å². The van der Waals surface area contributed by atoms with E-state index in [4.69, 9.17) is 9.72 Å². The highest BCUT2D eigenvalue weighted by molar-refractivity contribution is 7.91. The number of nitrogens with zero attached hydrogens (tertiary/aromatic N) is 3. The van der Waals surface area contributed by atoms with Crippen LogP contribution < -0.4 is 9.64 Å². The highest BCUT2D eigenvalue weighted by atomic mass is 32.2. The zero-order valence-corrected chi connectivity index (χ0v) is 23.3. The Labute approximate surface area is 227 Å². The van der Waals surface area contributed by atoms with Gasteiger partial charge in [-0.25, -0.2) is 13.4 Å². The maximum Gasteiger partial charge on any atom is 0.308 e. The van der Waals surface area contributed by atoms with Crippen LogP contribution in [0.25, 0.3) is 11.3 Å². The van der Waals surface area contributed by atoms with E-state index in [0.29, 0.717) is 32.8 Å². The van der Waals surface area contributed by atoms with Crippen molar-refractivity contribution in [2.75, 3.05) is 42.6 Å². The molecule has 2 atom stereocenters. The molecule has 10 heteroatoms. The molecule has 8 nitrogen and oxygen atoms in total. The van der Waals surface area contributed by atoms with Crippen molar-refractivity contribution in [1.82, 2.24) is 9.88 Å². The Balaban J connectivity index is 1.24. The van der Waals surface area contributed by atoms with Crippen LogP contribution in [0, 0.1) is 18.8 Å². The molecule has 2 aliphatic rings. The van der Waals surface area contributed by atoms with Gasteiger partial charge in [0.05, 0.1) is 23.1 Å². The first-order valence-electron chi connectivity index (χ1n) is 12.9. The summed E-state index contributed by atoms with van der Waals surface area (Å²) >= 11 is 1.53. The largest absolute Gasteiger partial charge is 0.488 e. The summed E-state index contributed by atoms with van der Waals surface area (Å²) < 4.78 is 29.7. The molecule has 3 aromatic rings. The van der Waals surface area contributed by atoms with Crippen LogP contribution in [0.5, 0.6) is 5.75 Å². The number of thiazole rings is 1. The van der Waals surface area contributed by atoms with Crippen LogP contribution in [0.4, 0.5) is 5.13 Å². The summed E-state index contributed by atoms with van der Waals surface area (Å²) in [6, 6.07) is 14.2. The van der Waals surface area contributed by atoms with Crippen molar-refractivity contribution in [3.05, 3.63) is 64.5 Å². The third-order valence-electron chi connectivity index (χ3n) is 7.49. The molecule has 1 aromatic heterocycles. The number of carbonyl (C=O) groups is 1. The molecular formula is C28H33N3O5S2. The highest BCUT2D eigenvalue weighted by Crippen LogP contribution is 2.36. The molecule has 202 valence electrons. The summed E-state index contributed by atoms with van der Waals surface area (Å²) in [7, 11) is -2.88. The Morgan fingerprint density at radius 1 is 1.16 bits per heavy atom. The van der Waals surface area contributed by atoms with Crippen molar-refractivity contribution in [2.24, 2.45) is 11.8 Å². The summed E-state index contributed by atoms with van der Waals surface area (Å²) in [5.41, 5.74) is 5.13. The van der Waals surface area contributed by atoms with Gasteiger partial charge in [0.2, 0.25) is 0 Å². The van der Waals surface area contributed by atoms with Gasteiger partial charge in [-0.2, -0.15) is 0 Å². The Kier molecular flexibility index (Phi) is 7.74. The number of aliphatic carboxylic acids is 1. The SMILES string of the molecule is Cc1cc(CN2CCS(=O)(=O)CC2)ccc1COc1ccccc1-c1csc(N2CC(C)C(C(=O)O)C2)n1. The molecule has 2 unspecified atom stereocenters. The van der Waals surface area contributed by atoms with Crippen molar-refractivity contribution in [1.29, 1.82) is 0 Å². The first kappa shape index (κ1) is 26.6. The summed E-state index contributed by atoms with van der Waals surface area (Å²) in [4.78, 5) is 20.6. The van der Waals surface area contributed by atoms with E-state index in [1.54, 1.807) is 0 Å². The maximum absolute atomic E-state index is 11.7. The van der Waals surface area contributed by atoms with E-state index < -0.39 is 15.8 Å². The molecule has 0 radical (unpaired) electrons. The van der Waals surface area contributed by atoms with Gasteiger partial charge in [0.15, 0.2) is 15.0 Å². The molecule has 0 bridgehead atoms. The van der Waals surface area contributed by atoms with Gasteiger partial charge in [0, 0.05) is 43.7 Å². The van der Waals surface area contributed by atoms with Gasteiger partial charge in [-0.3, -0.25) is 9.69 Å². The minimum atomic E-state index is -2.88. The summed E-state index contributed by atoms with van der Waals surface area (Å²) in [6.45, 7) is 7.55. The van der Waals surface area contributed by atoms with Crippen LogP contribution in [0.15, 0.2) is 47.8 Å². The lowest BCUT2D eigenvalue weighted by Gasteiger charge is -2.26. The van der Waals surface area contributed by atoms with Crippen LogP contribution in [0.1, 0.15) is 23.6 Å². The quantitative estimate of drug-likeness (QED) is 0.444. The smallest absolute Gasteiger partial charge is 0.308 e. The van der Waals surface area contributed by atoms with E-state index in [1.807, 2.05) is 36.6 Å². The van der Waals surface area contributed by atoms with Crippen molar-refractivity contribution >= 4 is 32.3 Å². The fourth-order valence-electron chi connectivity index (χ4n) is 5.12. The fourth-order valence-corrected chi connectivity index (χ4v) is 7.24. The van der Waals surface area contributed by atoms with Crippen LogP contribution in [-0.2, 0) is 27.8 Å². The van der Waals surface area contributed by atoms with Crippen LogP contribution in [-0.4, -0.2) is 67.1 Å². The minimum absolute atomic E-state index is 0.0843. The van der Waals surface area contributed by atoms with Gasteiger partial charge >= 0.3 is 5.97 Å². The lowest BCUT2D eigenvalue weighted by molar-refractivity contribution is -0.142. The molecule has 2 aromatic carbocycles. The number of para-hydroxylation sites is 1. The fraction of sp³-hybridized carbons (Fsp3) is 0.429. The van der Waals surface area contributed by atoms with Crippen LogP contribution in [0.2, 0.25) is 0 Å². The molecule has 2 saturated heterocycles. The third-order valence-corrected chi connectivity index (χ3v) is 10.00. The molecule has 2 fully saturated rings. The predicted molar refractivity (Wildman–Crippen MR) is 149 cm³/mol. The number of sulfone groups is 1. The van der Waals surface area contributed by atoms with Gasteiger partial charge < -0.3 is 14.7 Å².